The molecular formula is C14H25NO4. The molecule has 0 unspecified atom stereocenters. The van der Waals surface area contributed by atoms with Gasteiger partial charge in [-0.25, -0.2) is 4.79 Å². The largest absolute Gasteiger partial charge is 0.462 e. The van der Waals surface area contributed by atoms with Gasteiger partial charge in [-0.3, -0.25) is 4.79 Å². The molecule has 0 N–H and O–H groups in total. The van der Waals surface area contributed by atoms with Gasteiger partial charge in [0.05, 0.1) is 6.61 Å². The number of unbranched alkanes of at least 4 members (excludes halogenated alkanes) is 1. The molecule has 1 aliphatic heterocycles. The summed E-state index contributed by atoms with van der Waals surface area (Å²) < 4.78 is 10.7. The molecule has 5 nitrogen and oxygen atoms in total. The minimum absolute atomic E-state index is 0.0331. The lowest BCUT2D eigenvalue weighted by Crippen LogP contribution is -2.55. The summed E-state index contributed by atoms with van der Waals surface area (Å²) in [6.07, 6.45) is 4.28. The molecule has 1 fully saturated rings. The van der Waals surface area contributed by atoms with Crippen molar-refractivity contribution in [2.75, 3.05) is 20.3 Å². The van der Waals surface area contributed by atoms with Gasteiger partial charge in [-0.2, -0.15) is 0 Å². The van der Waals surface area contributed by atoms with Crippen molar-refractivity contribution in [2.45, 2.75) is 58.1 Å². The van der Waals surface area contributed by atoms with Crippen LogP contribution in [0.5, 0.6) is 0 Å². The van der Waals surface area contributed by atoms with Crippen molar-refractivity contribution in [2.24, 2.45) is 0 Å². The van der Waals surface area contributed by atoms with Crippen LogP contribution in [0.25, 0.3) is 0 Å². The maximum Gasteiger partial charge on any atom is 0.360 e. The van der Waals surface area contributed by atoms with Crippen LogP contribution in [0.15, 0.2) is 0 Å². The second-order valence-corrected chi connectivity index (χ2v) is 4.88. The number of ether oxygens (including phenoxy) is 2. The molecule has 1 heterocycles. The third kappa shape index (κ3) is 3.47. The molecular weight excluding hydrogens is 246 g/mol. The number of methoxy groups -OCH3 is 1. The first-order valence-corrected chi connectivity index (χ1v) is 7.15. The molecule has 0 aromatic carbocycles. The summed E-state index contributed by atoms with van der Waals surface area (Å²) in [5, 5.41) is 0. The monoisotopic (exact) mass is 271 g/mol. The van der Waals surface area contributed by atoms with Gasteiger partial charge in [0.2, 0.25) is 11.6 Å². The summed E-state index contributed by atoms with van der Waals surface area (Å²) in [4.78, 5) is 25.9. The molecule has 1 rings (SSSR count). The van der Waals surface area contributed by atoms with Crippen LogP contribution in [0.2, 0.25) is 0 Å². The van der Waals surface area contributed by atoms with Crippen molar-refractivity contribution in [1.82, 2.24) is 4.90 Å². The van der Waals surface area contributed by atoms with Crippen molar-refractivity contribution in [1.29, 1.82) is 0 Å². The van der Waals surface area contributed by atoms with Crippen molar-refractivity contribution in [3.8, 4) is 0 Å². The van der Waals surface area contributed by atoms with Gasteiger partial charge in [0.1, 0.15) is 0 Å². The minimum Gasteiger partial charge on any atom is -0.462 e. The van der Waals surface area contributed by atoms with E-state index in [1.807, 2.05) is 13.8 Å². The molecule has 1 saturated heterocycles. The van der Waals surface area contributed by atoms with Crippen molar-refractivity contribution in [3.05, 3.63) is 0 Å². The Hall–Kier alpha value is -1.10. The molecule has 1 atom stereocenters. The topological polar surface area (TPSA) is 55.8 Å². The molecule has 0 aromatic heterocycles. The molecule has 0 spiro atoms. The average Bonchev–Trinajstić information content (AvgIpc) is 2.84. The number of carbonyl (C=O) groups is 2. The molecule has 1 aliphatic rings. The van der Waals surface area contributed by atoms with E-state index in [1.54, 1.807) is 4.90 Å². The Morgan fingerprint density at radius 1 is 1.26 bits per heavy atom. The van der Waals surface area contributed by atoms with Gasteiger partial charge in [0, 0.05) is 26.5 Å². The fourth-order valence-corrected chi connectivity index (χ4v) is 2.40. The van der Waals surface area contributed by atoms with E-state index in [-0.39, 0.29) is 5.91 Å². The van der Waals surface area contributed by atoms with Gasteiger partial charge in [-0.15, -0.1) is 0 Å². The number of carbonyl (C=O) groups excluding carboxylic acids is 2. The molecule has 5 heteroatoms. The van der Waals surface area contributed by atoms with Crippen molar-refractivity contribution in [3.63, 3.8) is 0 Å². The second kappa shape index (κ2) is 7.48. The van der Waals surface area contributed by atoms with E-state index in [4.69, 9.17) is 9.47 Å². The van der Waals surface area contributed by atoms with E-state index < -0.39 is 11.7 Å². The molecule has 1 amide bonds. The predicted octanol–water partition coefficient (Wildman–Crippen LogP) is 2.09. The number of likely N-dealkylation sites (tertiary alicyclic amines) is 1. The zero-order chi connectivity index (χ0) is 14.3. The van der Waals surface area contributed by atoms with Crippen LogP contribution >= 0.6 is 0 Å². The third-order valence-electron chi connectivity index (χ3n) is 3.49. The molecule has 19 heavy (non-hydrogen) atoms. The normalized spacial score (nSPS) is 22.6. The van der Waals surface area contributed by atoms with E-state index in [0.29, 0.717) is 26.0 Å². The number of esters is 1. The van der Waals surface area contributed by atoms with Crippen LogP contribution in [0.3, 0.4) is 0 Å². The standard InChI is InChI=1S/C14H25NO4/c1-4-6-11-19-13(17)14(18-3)9-7-10-15(14)12(16)8-5-2/h4-11H2,1-3H3/t14-/m1/s1. The Morgan fingerprint density at radius 3 is 2.58 bits per heavy atom. The Morgan fingerprint density at radius 2 is 2.00 bits per heavy atom. The SMILES string of the molecule is CCCCOC(=O)[C@]1(OC)CCCN1C(=O)CCC. The number of rotatable bonds is 7. The first kappa shape index (κ1) is 16.0. The molecule has 0 bridgehead atoms. The second-order valence-electron chi connectivity index (χ2n) is 4.88. The van der Waals surface area contributed by atoms with Crippen LogP contribution in [0.4, 0.5) is 0 Å². The summed E-state index contributed by atoms with van der Waals surface area (Å²) in [7, 11) is 1.47. The minimum atomic E-state index is -1.19. The van der Waals surface area contributed by atoms with Crippen LogP contribution in [-0.4, -0.2) is 42.8 Å². The van der Waals surface area contributed by atoms with Gasteiger partial charge in [-0.05, 0) is 19.3 Å². The average molecular weight is 271 g/mol. The molecule has 0 aliphatic carbocycles. The third-order valence-corrected chi connectivity index (χ3v) is 3.49. The van der Waals surface area contributed by atoms with E-state index in [9.17, 15) is 9.59 Å². The summed E-state index contributed by atoms with van der Waals surface area (Å²) in [5.74, 6) is -0.459. The lowest BCUT2D eigenvalue weighted by atomic mass is 10.1. The summed E-state index contributed by atoms with van der Waals surface area (Å²) in [6.45, 7) is 4.93. The van der Waals surface area contributed by atoms with Gasteiger partial charge in [0.25, 0.3) is 0 Å². The quantitative estimate of drug-likeness (QED) is 0.525. The lowest BCUT2D eigenvalue weighted by Gasteiger charge is -2.34. The number of hydrogen-bond acceptors (Lipinski definition) is 4. The summed E-state index contributed by atoms with van der Waals surface area (Å²) in [6, 6.07) is 0. The number of nitrogens with zero attached hydrogens (tertiary/aromatic N) is 1. The van der Waals surface area contributed by atoms with Gasteiger partial charge < -0.3 is 14.4 Å². The zero-order valence-corrected chi connectivity index (χ0v) is 12.2. The Bertz CT molecular complexity index is 319. The Kier molecular flexibility index (Phi) is 6.28. The zero-order valence-electron chi connectivity index (χ0n) is 12.2. The molecule has 0 saturated carbocycles. The van der Waals surface area contributed by atoms with Gasteiger partial charge >= 0.3 is 5.97 Å². The van der Waals surface area contributed by atoms with Gasteiger partial charge in [-0.1, -0.05) is 20.3 Å². The Balaban J connectivity index is 2.76. The molecule has 110 valence electrons. The van der Waals surface area contributed by atoms with Crippen molar-refractivity contribution < 1.29 is 19.1 Å². The number of amides is 1. The highest BCUT2D eigenvalue weighted by atomic mass is 16.6. The predicted molar refractivity (Wildman–Crippen MR) is 71.5 cm³/mol. The van der Waals surface area contributed by atoms with E-state index >= 15 is 0 Å². The highest BCUT2D eigenvalue weighted by molar-refractivity contribution is 5.87. The Labute approximate surface area is 115 Å². The smallest absolute Gasteiger partial charge is 0.360 e. The van der Waals surface area contributed by atoms with E-state index in [2.05, 4.69) is 0 Å². The first-order chi connectivity index (χ1) is 9.12. The van der Waals surface area contributed by atoms with Crippen molar-refractivity contribution >= 4 is 11.9 Å². The maximum absolute atomic E-state index is 12.3. The molecule has 0 aromatic rings. The summed E-state index contributed by atoms with van der Waals surface area (Å²) >= 11 is 0. The fraction of sp³-hybridized carbons (Fsp3) is 0.857. The summed E-state index contributed by atoms with van der Waals surface area (Å²) in [5.41, 5.74) is -1.19. The van der Waals surface area contributed by atoms with E-state index in [1.165, 1.54) is 7.11 Å². The van der Waals surface area contributed by atoms with Crippen LogP contribution in [-0.2, 0) is 19.1 Å². The first-order valence-electron chi connectivity index (χ1n) is 7.15. The highest BCUT2D eigenvalue weighted by Gasteiger charge is 2.51. The van der Waals surface area contributed by atoms with Gasteiger partial charge in [0.15, 0.2) is 0 Å². The maximum atomic E-state index is 12.3. The fourth-order valence-electron chi connectivity index (χ4n) is 2.40. The molecule has 0 radical (unpaired) electrons. The number of hydrogen-bond donors (Lipinski definition) is 0. The van der Waals surface area contributed by atoms with Crippen LogP contribution < -0.4 is 0 Å². The van der Waals surface area contributed by atoms with Crippen LogP contribution in [0, 0.1) is 0 Å². The van der Waals surface area contributed by atoms with E-state index in [0.717, 1.165) is 25.7 Å². The highest BCUT2D eigenvalue weighted by Crippen LogP contribution is 2.32. The lowest BCUT2D eigenvalue weighted by molar-refractivity contribution is -0.194. The van der Waals surface area contributed by atoms with Crippen LogP contribution in [0.1, 0.15) is 52.4 Å².